The first-order chi connectivity index (χ1) is 5.63. The second-order valence-electron chi connectivity index (χ2n) is 3.60. The van der Waals surface area contributed by atoms with Crippen molar-refractivity contribution in [2.45, 2.75) is 39.5 Å². The number of carboxylic acid groups (broad SMARTS) is 1. The van der Waals surface area contributed by atoms with Crippen LogP contribution >= 0.6 is 0 Å². The molecule has 1 aliphatic carbocycles. The second kappa shape index (κ2) is 3.74. The van der Waals surface area contributed by atoms with E-state index in [-0.39, 0.29) is 0 Å². The molecule has 1 fully saturated rings. The summed E-state index contributed by atoms with van der Waals surface area (Å²) in [4.78, 5) is 10.7. The van der Waals surface area contributed by atoms with Gasteiger partial charge in [-0.05, 0) is 32.1 Å². The van der Waals surface area contributed by atoms with Crippen molar-refractivity contribution in [2.24, 2.45) is 5.92 Å². The quantitative estimate of drug-likeness (QED) is 0.611. The van der Waals surface area contributed by atoms with Gasteiger partial charge in [-0.3, -0.25) is 0 Å². The molecular formula is C10H16O2. The lowest BCUT2D eigenvalue weighted by Gasteiger charge is -2.22. The van der Waals surface area contributed by atoms with Crippen LogP contribution in [0.15, 0.2) is 11.1 Å². The van der Waals surface area contributed by atoms with Gasteiger partial charge in [0, 0.05) is 5.57 Å². The molecule has 1 N–H and O–H groups in total. The third kappa shape index (κ3) is 1.87. The Kier molecular flexibility index (Phi) is 2.90. The monoisotopic (exact) mass is 168 g/mol. The van der Waals surface area contributed by atoms with Crippen LogP contribution in [-0.4, -0.2) is 11.1 Å². The predicted molar refractivity (Wildman–Crippen MR) is 48.0 cm³/mol. The molecule has 0 heterocycles. The number of carboxylic acids is 1. The van der Waals surface area contributed by atoms with Crippen LogP contribution in [0.5, 0.6) is 0 Å². The molecule has 1 atom stereocenters. The van der Waals surface area contributed by atoms with Crippen LogP contribution in [0.3, 0.4) is 0 Å². The fraction of sp³-hybridized carbons (Fsp3) is 0.700. The number of carbonyl (C=O) groups is 1. The average Bonchev–Trinajstić information content (AvgIpc) is 2.04. The first-order valence-corrected chi connectivity index (χ1v) is 4.56. The van der Waals surface area contributed by atoms with Gasteiger partial charge in [-0.1, -0.05) is 18.9 Å². The van der Waals surface area contributed by atoms with E-state index in [2.05, 4.69) is 6.92 Å². The molecule has 0 spiro atoms. The van der Waals surface area contributed by atoms with Crippen LogP contribution in [-0.2, 0) is 4.79 Å². The highest BCUT2D eigenvalue weighted by Crippen LogP contribution is 2.31. The highest BCUT2D eigenvalue weighted by molar-refractivity contribution is 5.86. The van der Waals surface area contributed by atoms with E-state index in [9.17, 15) is 4.79 Å². The molecule has 0 aromatic rings. The van der Waals surface area contributed by atoms with Crippen LogP contribution in [0.25, 0.3) is 0 Å². The summed E-state index contributed by atoms with van der Waals surface area (Å²) in [5, 5.41) is 8.79. The molecule has 12 heavy (non-hydrogen) atoms. The van der Waals surface area contributed by atoms with Gasteiger partial charge in [0.1, 0.15) is 0 Å². The van der Waals surface area contributed by atoms with E-state index in [0.29, 0.717) is 11.5 Å². The maximum absolute atomic E-state index is 10.7. The maximum atomic E-state index is 10.7. The summed E-state index contributed by atoms with van der Waals surface area (Å²) < 4.78 is 0. The largest absolute Gasteiger partial charge is 0.478 e. The van der Waals surface area contributed by atoms with E-state index in [1.165, 1.54) is 6.42 Å². The predicted octanol–water partition coefficient (Wildman–Crippen LogP) is 2.60. The minimum atomic E-state index is -0.751. The van der Waals surface area contributed by atoms with Crippen molar-refractivity contribution in [2.75, 3.05) is 0 Å². The Morgan fingerprint density at radius 1 is 1.50 bits per heavy atom. The molecule has 1 unspecified atom stereocenters. The van der Waals surface area contributed by atoms with Gasteiger partial charge in [0.05, 0.1) is 0 Å². The Balaban J connectivity index is 2.82. The summed E-state index contributed by atoms with van der Waals surface area (Å²) in [6.07, 6.45) is 4.54. The van der Waals surface area contributed by atoms with Crippen molar-refractivity contribution in [1.82, 2.24) is 0 Å². The molecule has 0 aromatic carbocycles. The molecular weight excluding hydrogens is 152 g/mol. The SMILES string of the molecule is CC(C(=O)O)=C1CCCCC1C. The summed E-state index contributed by atoms with van der Waals surface area (Å²) in [6, 6.07) is 0. The minimum absolute atomic E-state index is 0.481. The van der Waals surface area contributed by atoms with Crippen molar-refractivity contribution in [3.8, 4) is 0 Å². The van der Waals surface area contributed by atoms with Gasteiger partial charge in [-0.25, -0.2) is 4.79 Å². The highest BCUT2D eigenvalue weighted by Gasteiger charge is 2.18. The summed E-state index contributed by atoms with van der Waals surface area (Å²) in [5.41, 5.74) is 1.73. The Morgan fingerprint density at radius 3 is 2.67 bits per heavy atom. The number of hydrogen-bond donors (Lipinski definition) is 1. The van der Waals surface area contributed by atoms with Crippen molar-refractivity contribution in [1.29, 1.82) is 0 Å². The van der Waals surface area contributed by atoms with Gasteiger partial charge in [0.2, 0.25) is 0 Å². The van der Waals surface area contributed by atoms with Crippen LogP contribution in [0.2, 0.25) is 0 Å². The highest BCUT2D eigenvalue weighted by atomic mass is 16.4. The molecule has 1 rings (SSSR count). The van der Waals surface area contributed by atoms with E-state index in [0.717, 1.165) is 24.8 Å². The summed E-state index contributed by atoms with van der Waals surface area (Å²) in [7, 11) is 0. The fourth-order valence-electron chi connectivity index (χ4n) is 1.88. The number of allylic oxidation sites excluding steroid dienone is 1. The fourth-order valence-corrected chi connectivity index (χ4v) is 1.88. The van der Waals surface area contributed by atoms with Crippen LogP contribution in [0.1, 0.15) is 39.5 Å². The van der Waals surface area contributed by atoms with E-state index in [1.807, 2.05) is 0 Å². The lowest BCUT2D eigenvalue weighted by atomic mass is 9.83. The minimum Gasteiger partial charge on any atom is -0.478 e. The maximum Gasteiger partial charge on any atom is 0.331 e. The summed E-state index contributed by atoms with van der Waals surface area (Å²) in [5.74, 6) is -0.270. The van der Waals surface area contributed by atoms with Crippen molar-refractivity contribution < 1.29 is 9.90 Å². The molecule has 0 aliphatic heterocycles. The van der Waals surface area contributed by atoms with E-state index in [4.69, 9.17) is 5.11 Å². The lowest BCUT2D eigenvalue weighted by molar-refractivity contribution is -0.132. The van der Waals surface area contributed by atoms with Crippen molar-refractivity contribution in [3.05, 3.63) is 11.1 Å². The lowest BCUT2D eigenvalue weighted by Crippen LogP contribution is -2.11. The Morgan fingerprint density at radius 2 is 2.17 bits per heavy atom. The molecule has 1 saturated carbocycles. The van der Waals surface area contributed by atoms with Crippen LogP contribution in [0, 0.1) is 5.92 Å². The summed E-state index contributed by atoms with van der Waals surface area (Å²) >= 11 is 0. The third-order valence-corrected chi connectivity index (χ3v) is 2.73. The molecule has 0 radical (unpaired) electrons. The zero-order valence-electron chi connectivity index (χ0n) is 7.76. The molecule has 0 aromatic heterocycles. The van der Waals surface area contributed by atoms with Gasteiger partial charge in [-0.2, -0.15) is 0 Å². The average molecular weight is 168 g/mol. The zero-order chi connectivity index (χ0) is 9.14. The third-order valence-electron chi connectivity index (χ3n) is 2.73. The van der Waals surface area contributed by atoms with Crippen molar-refractivity contribution in [3.63, 3.8) is 0 Å². The molecule has 2 heteroatoms. The van der Waals surface area contributed by atoms with Gasteiger partial charge < -0.3 is 5.11 Å². The smallest absolute Gasteiger partial charge is 0.331 e. The first kappa shape index (κ1) is 9.30. The molecule has 1 aliphatic rings. The summed E-state index contributed by atoms with van der Waals surface area (Å²) in [6.45, 7) is 3.85. The number of hydrogen-bond acceptors (Lipinski definition) is 1. The van der Waals surface area contributed by atoms with E-state index < -0.39 is 5.97 Å². The second-order valence-corrected chi connectivity index (χ2v) is 3.60. The number of rotatable bonds is 1. The van der Waals surface area contributed by atoms with Crippen LogP contribution in [0.4, 0.5) is 0 Å². The standard InChI is InChI=1S/C10H16O2/c1-7-5-3-4-6-9(7)8(2)10(11)12/h7H,3-6H2,1-2H3,(H,11,12). The Hall–Kier alpha value is -0.790. The normalized spacial score (nSPS) is 28.3. The van der Waals surface area contributed by atoms with Gasteiger partial charge in [-0.15, -0.1) is 0 Å². The first-order valence-electron chi connectivity index (χ1n) is 4.56. The molecule has 0 bridgehead atoms. The Bertz CT molecular complexity index is 216. The molecule has 2 nitrogen and oxygen atoms in total. The van der Waals surface area contributed by atoms with Gasteiger partial charge >= 0.3 is 5.97 Å². The van der Waals surface area contributed by atoms with Gasteiger partial charge in [0.15, 0.2) is 0 Å². The van der Waals surface area contributed by atoms with E-state index in [1.54, 1.807) is 6.92 Å². The number of aliphatic carboxylic acids is 1. The van der Waals surface area contributed by atoms with Gasteiger partial charge in [0.25, 0.3) is 0 Å². The van der Waals surface area contributed by atoms with Crippen LogP contribution < -0.4 is 0 Å². The Labute approximate surface area is 73.3 Å². The zero-order valence-corrected chi connectivity index (χ0v) is 7.76. The van der Waals surface area contributed by atoms with Crippen molar-refractivity contribution >= 4 is 5.97 Å². The molecule has 0 saturated heterocycles. The van der Waals surface area contributed by atoms with E-state index >= 15 is 0 Å². The molecule has 0 amide bonds. The topological polar surface area (TPSA) is 37.3 Å². The molecule has 68 valence electrons.